The van der Waals surface area contributed by atoms with Crippen molar-refractivity contribution in [3.63, 3.8) is 0 Å². The van der Waals surface area contributed by atoms with Crippen LogP contribution in [0.1, 0.15) is 15.9 Å². The van der Waals surface area contributed by atoms with Crippen molar-refractivity contribution < 1.29 is 4.79 Å². The fraction of sp³-hybridized carbons (Fsp3) is 0.0769. The highest BCUT2D eigenvalue weighted by molar-refractivity contribution is 5.92. The van der Waals surface area contributed by atoms with E-state index in [4.69, 9.17) is 5.73 Å². The minimum absolute atomic E-state index is 0.0511. The second kappa shape index (κ2) is 4.75. The van der Waals surface area contributed by atoms with Crippen molar-refractivity contribution >= 4 is 17.4 Å². The number of hydrogen-bond acceptors (Lipinski definition) is 3. The Morgan fingerprint density at radius 1 is 1.28 bits per heavy atom. The molecule has 5 nitrogen and oxygen atoms in total. The Balaban J connectivity index is 2.28. The van der Waals surface area contributed by atoms with Gasteiger partial charge in [-0.05, 0) is 36.8 Å². The third kappa shape index (κ3) is 2.57. The Bertz CT molecular complexity index is 647. The smallest absolute Gasteiger partial charge is 0.262 e. The summed E-state index contributed by atoms with van der Waals surface area (Å²) in [5.41, 5.74) is 6.47. The number of benzene rings is 1. The van der Waals surface area contributed by atoms with Crippen LogP contribution in [0.5, 0.6) is 0 Å². The molecule has 92 valence electrons. The molecular weight excluding hydrogens is 230 g/mol. The molecule has 0 atom stereocenters. The van der Waals surface area contributed by atoms with E-state index in [-0.39, 0.29) is 5.56 Å². The molecule has 0 fully saturated rings. The van der Waals surface area contributed by atoms with Crippen LogP contribution in [0.15, 0.2) is 41.2 Å². The molecule has 1 amide bonds. The van der Waals surface area contributed by atoms with E-state index in [1.165, 1.54) is 6.07 Å². The summed E-state index contributed by atoms with van der Waals surface area (Å²) >= 11 is 0. The molecule has 2 aromatic rings. The topological polar surface area (TPSA) is 88.0 Å². The van der Waals surface area contributed by atoms with Gasteiger partial charge in [0.2, 0.25) is 0 Å². The van der Waals surface area contributed by atoms with Gasteiger partial charge in [0.1, 0.15) is 11.4 Å². The first-order chi connectivity index (χ1) is 8.56. The summed E-state index contributed by atoms with van der Waals surface area (Å²) < 4.78 is 0. The van der Waals surface area contributed by atoms with Crippen molar-refractivity contribution in [2.75, 3.05) is 5.32 Å². The Morgan fingerprint density at radius 3 is 2.67 bits per heavy atom. The van der Waals surface area contributed by atoms with Crippen LogP contribution in [0.4, 0.5) is 11.5 Å². The van der Waals surface area contributed by atoms with E-state index in [0.29, 0.717) is 5.82 Å². The number of amides is 1. The average molecular weight is 243 g/mol. The highest BCUT2D eigenvalue weighted by Crippen LogP contribution is 2.14. The summed E-state index contributed by atoms with van der Waals surface area (Å²) in [6.45, 7) is 1.98. The Labute approximate surface area is 104 Å². The number of H-pyrrole nitrogens is 1. The Morgan fingerprint density at radius 2 is 2.06 bits per heavy atom. The maximum Gasteiger partial charge on any atom is 0.262 e. The number of rotatable bonds is 3. The number of nitrogens with one attached hydrogen (secondary N) is 2. The highest BCUT2D eigenvalue weighted by atomic mass is 16.2. The number of primary amides is 1. The minimum Gasteiger partial charge on any atom is -0.365 e. The van der Waals surface area contributed by atoms with Gasteiger partial charge in [0, 0.05) is 5.69 Å². The van der Waals surface area contributed by atoms with Crippen LogP contribution in [0, 0.1) is 6.92 Å². The van der Waals surface area contributed by atoms with Crippen LogP contribution in [0.25, 0.3) is 0 Å². The van der Waals surface area contributed by atoms with E-state index in [2.05, 4.69) is 10.3 Å². The molecule has 0 aliphatic rings. The maximum atomic E-state index is 11.5. The monoisotopic (exact) mass is 243 g/mol. The zero-order valence-electron chi connectivity index (χ0n) is 9.86. The van der Waals surface area contributed by atoms with Gasteiger partial charge in [-0.2, -0.15) is 0 Å². The second-order valence-electron chi connectivity index (χ2n) is 3.97. The van der Waals surface area contributed by atoms with E-state index >= 15 is 0 Å². The molecule has 0 radical (unpaired) electrons. The summed E-state index contributed by atoms with van der Waals surface area (Å²) in [6, 6.07) is 10.7. The average Bonchev–Trinajstić information content (AvgIpc) is 2.28. The molecule has 1 aromatic heterocycles. The Hall–Kier alpha value is -2.56. The molecule has 4 N–H and O–H groups in total. The largest absolute Gasteiger partial charge is 0.365 e. The molecule has 0 saturated heterocycles. The highest BCUT2D eigenvalue weighted by Gasteiger charge is 2.06. The van der Waals surface area contributed by atoms with Gasteiger partial charge in [0.25, 0.3) is 11.5 Å². The lowest BCUT2D eigenvalue weighted by atomic mass is 10.2. The molecular formula is C13H13N3O2. The third-order valence-corrected chi connectivity index (χ3v) is 2.47. The van der Waals surface area contributed by atoms with Crippen molar-refractivity contribution in [3.8, 4) is 0 Å². The van der Waals surface area contributed by atoms with E-state index in [9.17, 15) is 9.59 Å². The van der Waals surface area contributed by atoms with Crippen molar-refractivity contribution in [3.05, 3.63) is 57.9 Å². The van der Waals surface area contributed by atoms with Gasteiger partial charge in [0.15, 0.2) is 0 Å². The summed E-state index contributed by atoms with van der Waals surface area (Å²) in [6.07, 6.45) is 0. The summed E-state index contributed by atoms with van der Waals surface area (Å²) in [4.78, 5) is 25.0. The maximum absolute atomic E-state index is 11.5. The normalized spacial score (nSPS) is 10.1. The zero-order valence-corrected chi connectivity index (χ0v) is 9.86. The summed E-state index contributed by atoms with van der Waals surface area (Å²) in [5, 5.41) is 3.04. The first-order valence-corrected chi connectivity index (χ1v) is 5.43. The van der Waals surface area contributed by atoms with Gasteiger partial charge in [-0.15, -0.1) is 0 Å². The zero-order chi connectivity index (χ0) is 13.1. The summed E-state index contributed by atoms with van der Waals surface area (Å²) in [7, 11) is 0. The van der Waals surface area contributed by atoms with E-state index in [1.807, 2.05) is 31.2 Å². The van der Waals surface area contributed by atoms with E-state index in [1.54, 1.807) is 6.07 Å². The van der Waals surface area contributed by atoms with Crippen LogP contribution >= 0.6 is 0 Å². The lowest BCUT2D eigenvalue weighted by Gasteiger charge is -2.07. The van der Waals surface area contributed by atoms with Crippen molar-refractivity contribution in [1.82, 2.24) is 4.98 Å². The number of pyridine rings is 1. The fourth-order valence-corrected chi connectivity index (χ4v) is 1.62. The van der Waals surface area contributed by atoms with E-state index in [0.717, 1.165) is 11.3 Å². The molecule has 1 heterocycles. The number of aromatic nitrogens is 1. The van der Waals surface area contributed by atoms with Gasteiger partial charge in [0.05, 0.1) is 0 Å². The van der Waals surface area contributed by atoms with Crippen LogP contribution in [-0.4, -0.2) is 10.9 Å². The fourth-order valence-electron chi connectivity index (χ4n) is 1.62. The van der Waals surface area contributed by atoms with Gasteiger partial charge < -0.3 is 16.0 Å². The van der Waals surface area contributed by atoms with Gasteiger partial charge in [-0.25, -0.2) is 0 Å². The molecule has 0 unspecified atom stereocenters. The van der Waals surface area contributed by atoms with Crippen molar-refractivity contribution in [2.24, 2.45) is 5.73 Å². The first kappa shape index (κ1) is 11.9. The second-order valence-corrected chi connectivity index (χ2v) is 3.97. The van der Waals surface area contributed by atoms with Crippen LogP contribution in [-0.2, 0) is 0 Å². The van der Waals surface area contributed by atoms with Crippen LogP contribution in [0.2, 0.25) is 0 Å². The standard InChI is InChI=1S/C13H13N3O2/c1-8-3-2-4-9(7-8)15-11-6-5-10(12(14)17)13(18)16-11/h2-7H,1H3,(H2,14,17)(H2,15,16,18). The van der Waals surface area contributed by atoms with Gasteiger partial charge in [-0.3, -0.25) is 9.59 Å². The predicted octanol–water partition coefficient (Wildman–Crippen LogP) is 1.53. The predicted molar refractivity (Wildman–Crippen MR) is 70.0 cm³/mol. The number of aryl methyl sites for hydroxylation is 1. The van der Waals surface area contributed by atoms with Crippen LogP contribution < -0.4 is 16.6 Å². The molecule has 0 bridgehead atoms. The number of carbonyl (C=O) groups excluding carboxylic acids is 1. The SMILES string of the molecule is Cc1cccc(Nc2ccc(C(N)=O)c(=O)[nH]2)c1. The third-order valence-electron chi connectivity index (χ3n) is 2.47. The first-order valence-electron chi connectivity index (χ1n) is 5.43. The number of hydrogen-bond donors (Lipinski definition) is 3. The molecule has 18 heavy (non-hydrogen) atoms. The van der Waals surface area contributed by atoms with Gasteiger partial charge in [-0.1, -0.05) is 12.1 Å². The summed E-state index contributed by atoms with van der Waals surface area (Å²) in [5.74, 6) is -0.228. The molecule has 2 rings (SSSR count). The minimum atomic E-state index is -0.738. The number of anilines is 2. The number of carbonyl (C=O) groups is 1. The van der Waals surface area contributed by atoms with Crippen LogP contribution in [0.3, 0.4) is 0 Å². The lowest BCUT2D eigenvalue weighted by Crippen LogP contribution is -2.23. The number of aromatic amines is 1. The molecule has 5 heteroatoms. The number of nitrogens with two attached hydrogens (primary N) is 1. The molecule has 1 aromatic carbocycles. The molecule has 0 spiro atoms. The lowest BCUT2D eigenvalue weighted by molar-refractivity contribution is 0.0999. The molecule has 0 aliphatic heterocycles. The quantitative estimate of drug-likeness (QED) is 0.763. The van der Waals surface area contributed by atoms with Crippen molar-refractivity contribution in [1.29, 1.82) is 0 Å². The van der Waals surface area contributed by atoms with Gasteiger partial charge >= 0.3 is 0 Å². The molecule has 0 saturated carbocycles. The molecule has 0 aliphatic carbocycles. The van der Waals surface area contributed by atoms with E-state index < -0.39 is 11.5 Å². The van der Waals surface area contributed by atoms with Crippen molar-refractivity contribution in [2.45, 2.75) is 6.92 Å². The Kier molecular flexibility index (Phi) is 3.14.